The van der Waals surface area contributed by atoms with Gasteiger partial charge in [0.25, 0.3) is 0 Å². The van der Waals surface area contributed by atoms with Crippen LogP contribution in [0.3, 0.4) is 0 Å². The summed E-state index contributed by atoms with van der Waals surface area (Å²) in [6.07, 6.45) is 1.96. The van der Waals surface area contributed by atoms with Crippen LogP contribution in [0.1, 0.15) is 37.9 Å². The van der Waals surface area contributed by atoms with Gasteiger partial charge in [-0.05, 0) is 37.0 Å². The van der Waals surface area contributed by atoms with E-state index in [1.54, 1.807) is 0 Å². The van der Waals surface area contributed by atoms with E-state index in [1.807, 2.05) is 31.2 Å². The van der Waals surface area contributed by atoms with Crippen molar-refractivity contribution in [1.29, 1.82) is 0 Å². The molecule has 1 aromatic rings. The van der Waals surface area contributed by atoms with Crippen molar-refractivity contribution in [3.05, 3.63) is 29.8 Å². The molecule has 90 valence electrons. The quantitative estimate of drug-likeness (QED) is 0.699. The van der Waals surface area contributed by atoms with Crippen LogP contribution in [-0.2, 0) is 0 Å². The standard InChI is InChI=1S/C13H20O3/c1-2-13(15)11-5-7-12(8-6-11)16-10-4-3-9-14/h5-8,13-15H,2-4,9-10H2,1H3/t13-/m1/s1. The van der Waals surface area contributed by atoms with Crippen LogP contribution in [0.5, 0.6) is 5.75 Å². The highest BCUT2D eigenvalue weighted by Crippen LogP contribution is 2.19. The van der Waals surface area contributed by atoms with Gasteiger partial charge < -0.3 is 14.9 Å². The predicted molar refractivity (Wildman–Crippen MR) is 63.5 cm³/mol. The number of aliphatic hydroxyl groups excluding tert-OH is 2. The molecule has 1 atom stereocenters. The Morgan fingerprint density at radius 1 is 1.19 bits per heavy atom. The fourth-order valence-corrected chi connectivity index (χ4v) is 1.43. The number of ether oxygens (including phenoxy) is 1. The fraction of sp³-hybridized carbons (Fsp3) is 0.538. The number of benzene rings is 1. The number of rotatable bonds is 7. The Hall–Kier alpha value is -1.06. The van der Waals surface area contributed by atoms with E-state index in [2.05, 4.69) is 0 Å². The Morgan fingerprint density at radius 3 is 2.44 bits per heavy atom. The third-order valence-electron chi connectivity index (χ3n) is 2.47. The van der Waals surface area contributed by atoms with Gasteiger partial charge in [0.15, 0.2) is 0 Å². The molecule has 0 saturated carbocycles. The smallest absolute Gasteiger partial charge is 0.119 e. The monoisotopic (exact) mass is 224 g/mol. The lowest BCUT2D eigenvalue weighted by Crippen LogP contribution is -1.99. The van der Waals surface area contributed by atoms with Crippen LogP contribution in [0.2, 0.25) is 0 Å². The van der Waals surface area contributed by atoms with E-state index in [-0.39, 0.29) is 12.7 Å². The van der Waals surface area contributed by atoms with Crippen molar-refractivity contribution in [2.45, 2.75) is 32.3 Å². The van der Waals surface area contributed by atoms with Crippen LogP contribution < -0.4 is 4.74 Å². The summed E-state index contributed by atoms with van der Waals surface area (Å²) in [7, 11) is 0. The van der Waals surface area contributed by atoms with Gasteiger partial charge in [-0.2, -0.15) is 0 Å². The van der Waals surface area contributed by atoms with Crippen LogP contribution in [0, 0.1) is 0 Å². The lowest BCUT2D eigenvalue weighted by molar-refractivity contribution is 0.173. The number of hydrogen-bond acceptors (Lipinski definition) is 3. The lowest BCUT2D eigenvalue weighted by atomic mass is 10.1. The summed E-state index contributed by atoms with van der Waals surface area (Å²) in [4.78, 5) is 0. The molecule has 0 heterocycles. The Labute approximate surface area is 96.7 Å². The van der Waals surface area contributed by atoms with Gasteiger partial charge in [0.05, 0.1) is 12.7 Å². The van der Waals surface area contributed by atoms with Gasteiger partial charge >= 0.3 is 0 Å². The second-order valence-corrected chi connectivity index (χ2v) is 3.77. The molecule has 0 radical (unpaired) electrons. The van der Waals surface area contributed by atoms with Crippen molar-refractivity contribution < 1.29 is 14.9 Å². The number of aliphatic hydroxyl groups is 2. The Balaban J connectivity index is 2.39. The summed E-state index contributed by atoms with van der Waals surface area (Å²) in [5, 5.41) is 18.2. The van der Waals surface area contributed by atoms with Crippen LogP contribution in [0.4, 0.5) is 0 Å². The Morgan fingerprint density at radius 2 is 1.88 bits per heavy atom. The Bertz CT molecular complexity index is 282. The average Bonchev–Trinajstić information content (AvgIpc) is 2.34. The molecular weight excluding hydrogens is 204 g/mol. The first kappa shape index (κ1) is 13.0. The number of hydrogen-bond donors (Lipinski definition) is 2. The first-order valence-electron chi connectivity index (χ1n) is 5.79. The molecule has 3 heteroatoms. The minimum Gasteiger partial charge on any atom is -0.494 e. The second-order valence-electron chi connectivity index (χ2n) is 3.77. The summed E-state index contributed by atoms with van der Waals surface area (Å²) in [5.41, 5.74) is 0.921. The molecule has 1 rings (SSSR count). The van der Waals surface area contributed by atoms with Gasteiger partial charge in [-0.1, -0.05) is 19.1 Å². The summed E-state index contributed by atoms with van der Waals surface area (Å²) in [6, 6.07) is 7.51. The molecule has 0 spiro atoms. The van der Waals surface area contributed by atoms with Gasteiger partial charge in [0.1, 0.15) is 5.75 Å². The second kappa shape index (κ2) is 7.25. The molecule has 1 aromatic carbocycles. The van der Waals surface area contributed by atoms with Crippen molar-refractivity contribution in [2.75, 3.05) is 13.2 Å². The lowest BCUT2D eigenvalue weighted by Gasteiger charge is -2.09. The maximum absolute atomic E-state index is 9.60. The molecule has 3 nitrogen and oxygen atoms in total. The third kappa shape index (κ3) is 4.21. The van der Waals surface area contributed by atoms with Crippen LogP contribution in [0.15, 0.2) is 24.3 Å². The summed E-state index contributed by atoms with van der Waals surface area (Å²) in [6.45, 7) is 2.78. The van der Waals surface area contributed by atoms with Crippen LogP contribution in [0.25, 0.3) is 0 Å². The SMILES string of the molecule is CC[C@@H](O)c1ccc(OCCCCO)cc1. The minimum absolute atomic E-state index is 0.213. The van der Waals surface area contributed by atoms with Gasteiger partial charge in [-0.25, -0.2) is 0 Å². The molecule has 0 unspecified atom stereocenters. The maximum Gasteiger partial charge on any atom is 0.119 e. The zero-order valence-electron chi connectivity index (χ0n) is 9.72. The fourth-order valence-electron chi connectivity index (χ4n) is 1.43. The van der Waals surface area contributed by atoms with Crippen molar-refractivity contribution in [2.24, 2.45) is 0 Å². The average molecular weight is 224 g/mol. The van der Waals surface area contributed by atoms with E-state index in [0.29, 0.717) is 6.61 Å². The molecule has 0 aromatic heterocycles. The Kier molecular flexibility index (Phi) is 5.90. The molecular formula is C13H20O3. The van der Waals surface area contributed by atoms with E-state index >= 15 is 0 Å². The normalized spacial score (nSPS) is 12.4. The topological polar surface area (TPSA) is 49.7 Å². The van der Waals surface area contributed by atoms with Crippen molar-refractivity contribution >= 4 is 0 Å². The molecule has 0 aliphatic rings. The van der Waals surface area contributed by atoms with E-state index in [9.17, 15) is 5.11 Å². The van der Waals surface area contributed by atoms with E-state index in [4.69, 9.17) is 9.84 Å². The highest BCUT2D eigenvalue weighted by atomic mass is 16.5. The molecule has 0 fully saturated rings. The van der Waals surface area contributed by atoms with E-state index < -0.39 is 0 Å². The van der Waals surface area contributed by atoms with Crippen LogP contribution >= 0.6 is 0 Å². The molecule has 2 N–H and O–H groups in total. The first-order chi connectivity index (χ1) is 7.77. The molecule has 0 saturated heterocycles. The molecule has 0 aliphatic heterocycles. The maximum atomic E-state index is 9.60. The predicted octanol–water partition coefficient (Wildman–Crippen LogP) is 2.28. The highest BCUT2D eigenvalue weighted by molar-refractivity contribution is 5.28. The molecule has 0 bridgehead atoms. The summed E-state index contributed by atoms with van der Waals surface area (Å²) < 4.78 is 5.48. The van der Waals surface area contributed by atoms with Gasteiger partial charge in [0, 0.05) is 6.61 Å². The molecule has 0 aliphatic carbocycles. The summed E-state index contributed by atoms with van der Waals surface area (Å²) >= 11 is 0. The zero-order valence-corrected chi connectivity index (χ0v) is 9.72. The third-order valence-corrected chi connectivity index (χ3v) is 2.47. The van der Waals surface area contributed by atoms with Gasteiger partial charge in [0.2, 0.25) is 0 Å². The van der Waals surface area contributed by atoms with E-state index in [1.165, 1.54) is 0 Å². The van der Waals surface area contributed by atoms with Crippen molar-refractivity contribution in [3.8, 4) is 5.75 Å². The van der Waals surface area contributed by atoms with Crippen molar-refractivity contribution in [1.82, 2.24) is 0 Å². The number of unbranched alkanes of at least 4 members (excludes halogenated alkanes) is 1. The minimum atomic E-state index is -0.386. The van der Waals surface area contributed by atoms with Gasteiger partial charge in [-0.3, -0.25) is 0 Å². The van der Waals surface area contributed by atoms with Gasteiger partial charge in [-0.15, -0.1) is 0 Å². The molecule has 0 amide bonds. The van der Waals surface area contributed by atoms with Crippen LogP contribution in [-0.4, -0.2) is 23.4 Å². The van der Waals surface area contributed by atoms with E-state index in [0.717, 1.165) is 30.6 Å². The zero-order chi connectivity index (χ0) is 11.8. The molecule has 16 heavy (non-hydrogen) atoms. The largest absolute Gasteiger partial charge is 0.494 e. The highest BCUT2D eigenvalue weighted by Gasteiger charge is 2.03. The first-order valence-corrected chi connectivity index (χ1v) is 5.79. The summed E-state index contributed by atoms with van der Waals surface area (Å²) in [5.74, 6) is 0.810. The van der Waals surface area contributed by atoms with Crippen molar-refractivity contribution in [3.63, 3.8) is 0 Å².